The van der Waals surface area contributed by atoms with Crippen molar-refractivity contribution in [2.24, 2.45) is 0 Å². The van der Waals surface area contributed by atoms with Gasteiger partial charge in [-0.2, -0.15) is 0 Å². The van der Waals surface area contributed by atoms with Gasteiger partial charge in [0, 0.05) is 30.0 Å². The number of hydrogen-bond acceptors (Lipinski definition) is 5. The third-order valence-corrected chi connectivity index (χ3v) is 3.90. The molecule has 3 rings (SSSR count). The Morgan fingerprint density at radius 3 is 3.10 bits per heavy atom. The Kier molecular flexibility index (Phi) is 3.42. The monoisotopic (exact) mass is 291 g/mol. The summed E-state index contributed by atoms with van der Waals surface area (Å²) in [5.74, 6) is -0.395. The fourth-order valence-corrected chi connectivity index (χ4v) is 2.77. The molecule has 2 aliphatic rings. The van der Waals surface area contributed by atoms with Crippen LogP contribution in [0.5, 0.6) is 0 Å². The minimum absolute atomic E-state index is 0.0471. The largest absolute Gasteiger partial charge is 0.453 e. The predicted octanol–water partition coefficient (Wildman–Crippen LogP) is 0.607. The number of alkyl carbamates (subject to hydrolysis) is 1. The average molecular weight is 291 g/mol. The number of anilines is 2. The molecule has 0 aliphatic carbocycles. The Balaban J connectivity index is 1.71. The van der Waals surface area contributed by atoms with Crippen LogP contribution in [0.25, 0.3) is 0 Å². The molecular formula is C14H17N3O4. The number of aliphatic hydroxyl groups is 1. The van der Waals surface area contributed by atoms with Crippen molar-refractivity contribution in [2.75, 3.05) is 30.4 Å². The fraction of sp³-hybridized carbons (Fsp3) is 0.429. The lowest BCUT2D eigenvalue weighted by Crippen LogP contribution is -2.36. The Bertz CT molecular complexity index is 590. The number of carbonyl (C=O) groups is 2. The summed E-state index contributed by atoms with van der Waals surface area (Å²) < 4.78 is 4.59. The van der Waals surface area contributed by atoms with Crippen LogP contribution < -0.4 is 15.5 Å². The Hall–Kier alpha value is -2.28. The number of nitrogens with one attached hydrogen (secondary N) is 2. The van der Waals surface area contributed by atoms with E-state index >= 15 is 0 Å². The molecule has 0 aromatic heterocycles. The summed E-state index contributed by atoms with van der Waals surface area (Å²) >= 11 is 0. The van der Waals surface area contributed by atoms with Crippen LogP contribution in [0.15, 0.2) is 18.2 Å². The molecule has 3 N–H and O–H groups in total. The molecule has 0 bridgehead atoms. The van der Waals surface area contributed by atoms with E-state index in [1.807, 2.05) is 12.1 Å². The van der Waals surface area contributed by atoms with Crippen molar-refractivity contribution >= 4 is 23.4 Å². The number of benzene rings is 1. The van der Waals surface area contributed by atoms with Crippen LogP contribution in [0.3, 0.4) is 0 Å². The number of hydrogen-bond donors (Lipinski definition) is 3. The quantitative estimate of drug-likeness (QED) is 0.742. The summed E-state index contributed by atoms with van der Waals surface area (Å²) in [5.41, 5.74) is 2.21. The molecule has 2 atom stereocenters. The third kappa shape index (κ3) is 2.52. The third-order valence-electron chi connectivity index (χ3n) is 3.90. The van der Waals surface area contributed by atoms with E-state index in [4.69, 9.17) is 0 Å². The molecule has 1 aromatic carbocycles. The van der Waals surface area contributed by atoms with Gasteiger partial charge in [-0.1, -0.05) is 6.07 Å². The molecule has 0 radical (unpaired) electrons. The lowest BCUT2D eigenvalue weighted by molar-refractivity contribution is -0.123. The van der Waals surface area contributed by atoms with Gasteiger partial charge in [0.1, 0.15) is 0 Å². The molecule has 2 amide bonds. The number of carbonyl (C=O) groups excluding carboxylic acids is 2. The van der Waals surface area contributed by atoms with E-state index in [2.05, 4.69) is 20.3 Å². The molecule has 112 valence electrons. The standard InChI is InChI=1S/C14H17N3O4/c1-21-14(20)15-8-4-5-17(7-8)9-2-3-10-11(6-9)16-13(19)12(10)18/h2-3,6,8,12,18H,4-5,7H2,1H3,(H,15,20)(H,16,19). The molecule has 1 aromatic rings. The van der Waals surface area contributed by atoms with Crippen LogP contribution in [0.4, 0.5) is 16.2 Å². The first-order chi connectivity index (χ1) is 10.1. The van der Waals surface area contributed by atoms with Gasteiger partial charge in [0.15, 0.2) is 6.10 Å². The molecule has 7 nitrogen and oxygen atoms in total. The second kappa shape index (κ2) is 5.25. The summed E-state index contributed by atoms with van der Waals surface area (Å²) in [5, 5.41) is 15.1. The van der Waals surface area contributed by atoms with E-state index < -0.39 is 18.1 Å². The van der Waals surface area contributed by atoms with Crippen LogP contribution in [0.1, 0.15) is 18.1 Å². The molecule has 1 fully saturated rings. The van der Waals surface area contributed by atoms with Gasteiger partial charge in [-0.25, -0.2) is 4.79 Å². The molecular weight excluding hydrogens is 274 g/mol. The lowest BCUT2D eigenvalue weighted by Gasteiger charge is -2.19. The second-order valence-electron chi connectivity index (χ2n) is 5.23. The zero-order chi connectivity index (χ0) is 15.0. The average Bonchev–Trinajstić information content (AvgIpc) is 3.04. The van der Waals surface area contributed by atoms with Crippen LogP contribution in [-0.4, -0.2) is 43.3 Å². The van der Waals surface area contributed by atoms with Gasteiger partial charge in [0.05, 0.1) is 13.2 Å². The summed E-state index contributed by atoms with van der Waals surface area (Å²) in [4.78, 5) is 24.8. The number of rotatable bonds is 2. The highest BCUT2D eigenvalue weighted by Gasteiger charge is 2.30. The maximum atomic E-state index is 11.4. The number of ether oxygens (including phenoxy) is 1. The van der Waals surface area contributed by atoms with Gasteiger partial charge in [-0.05, 0) is 18.6 Å². The van der Waals surface area contributed by atoms with Crippen molar-refractivity contribution in [2.45, 2.75) is 18.6 Å². The molecule has 7 heteroatoms. The van der Waals surface area contributed by atoms with Crippen LogP contribution in [0.2, 0.25) is 0 Å². The minimum Gasteiger partial charge on any atom is -0.453 e. The van der Waals surface area contributed by atoms with Gasteiger partial charge < -0.3 is 25.4 Å². The highest BCUT2D eigenvalue weighted by atomic mass is 16.5. The Morgan fingerprint density at radius 1 is 1.52 bits per heavy atom. The number of nitrogens with zero attached hydrogens (tertiary/aromatic N) is 1. The van der Waals surface area contributed by atoms with E-state index in [9.17, 15) is 14.7 Å². The molecule has 1 saturated heterocycles. The van der Waals surface area contributed by atoms with E-state index in [-0.39, 0.29) is 6.04 Å². The molecule has 0 spiro atoms. The van der Waals surface area contributed by atoms with E-state index in [0.717, 1.165) is 18.7 Å². The minimum atomic E-state index is -1.08. The van der Waals surface area contributed by atoms with Gasteiger partial charge in [0.2, 0.25) is 0 Å². The fourth-order valence-electron chi connectivity index (χ4n) is 2.77. The van der Waals surface area contributed by atoms with Gasteiger partial charge in [-0.15, -0.1) is 0 Å². The summed E-state index contributed by atoms with van der Waals surface area (Å²) in [6, 6.07) is 5.53. The van der Waals surface area contributed by atoms with Gasteiger partial charge in [0.25, 0.3) is 5.91 Å². The smallest absolute Gasteiger partial charge is 0.407 e. The normalized spacial score (nSPS) is 23.7. The number of fused-ring (bicyclic) bond motifs is 1. The summed E-state index contributed by atoms with van der Waals surface area (Å²) in [6.45, 7) is 1.49. The summed E-state index contributed by atoms with van der Waals surface area (Å²) in [7, 11) is 1.34. The van der Waals surface area contributed by atoms with Gasteiger partial charge >= 0.3 is 6.09 Å². The number of aliphatic hydroxyl groups excluding tert-OH is 1. The molecule has 2 unspecified atom stereocenters. The molecule has 2 aliphatic heterocycles. The zero-order valence-electron chi connectivity index (χ0n) is 11.6. The van der Waals surface area contributed by atoms with E-state index in [1.165, 1.54) is 7.11 Å². The van der Waals surface area contributed by atoms with Crippen molar-refractivity contribution in [3.8, 4) is 0 Å². The Morgan fingerprint density at radius 2 is 2.33 bits per heavy atom. The number of amides is 2. The van der Waals surface area contributed by atoms with Crippen molar-refractivity contribution < 1.29 is 19.4 Å². The number of methoxy groups -OCH3 is 1. The van der Waals surface area contributed by atoms with E-state index in [1.54, 1.807) is 6.07 Å². The highest BCUT2D eigenvalue weighted by Crippen LogP contribution is 2.34. The van der Waals surface area contributed by atoms with Crippen molar-refractivity contribution in [1.82, 2.24) is 5.32 Å². The highest BCUT2D eigenvalue weighted by molar-refractivity contribution is 6.02. The maximum absolute atomic E-state index is 11.4. The first kappa shape index (κ1) is 13.7. The summed E-state index contributed by atoms with van der Waals surface area (Å²) in [6.07, 6.45) is -0.672. The second-order valence-corrected chi connectivity index (χ2v) is 5.23. The van der Waals surface area contributed by atoms with Crippen LogP contribution in [-0.2, 0) is 9.53 Å². The zero-order valence-corrected chi connectivity index (χ0v) is 11.6. The topological polar surface area (TPSA) is 90.9 Å². The SMILES string of the molecule is COC(=O)NC1CCN(c2ccc3c(c2)NC(=O)C3O)C1. The predicted molar refractivity (Wildman–Crippen MR) is 76.2 cm³/mol. The molecule has 21 heavy (non-hydrogen) atoms. The van der Waals surface area contributed by atoms with Crippen LogP contribution in [0, 0.1) is 0 Å². The Labute approximate surface area is 121 Å². The van der Waals surface area contributed by atoms with Crippen molar-refractivity contribution in [3.05, 3.63) is 23.8 Å². The van der Waals surface area contributed by atoms with Crippen LogP contribution >= 0.6 is 0 Å². The first-order valence-electron chi connectivity index (χ1n) is 6.81. The first-order valence-corrected chi connectivity index (χ1v) is 6.81. The molecule has 2 heterocycles. The van der Waals surface area contributed by atoms with Crippen molar-refractivity contribution in [3.63, 3.8) is 0 Å². The maximum Gasteiger partial charge on any atom is 0.407 e. The molecule has 0 saturated carbocycles. The lowest BCUT2D eigenvalue weighted by atomic mass is 10.1. The van der Waals surface area contributed by atoms with Crippen molar-refractivity contribution in [1.29, 1.82) is 0 Å². The van der Waals surface area contributed by atoms with E-state index in [0.29, 0.717) is 17.8 Å². The van der Waals surface area contributed by atoms with Gasteiger partial charge in [-0.3, -0.25) is 4.79 Å².